The van der Waals surface area contributed by atoms with Crippen LogP contribution < -0.4 is 0 Å². The van der Waals surface area contributed by atoms with Gasteiger partial charge in [0.1, 0.15) is 0 Å². The van der Waals surface area contributed by atoms with Crippen LogP contribution in [-0.2, 0) is 32.9 Å². The first kappa shape index (κ1) is 31.4. The summed E-state index contributed by atoms with van der Waals surface area (Å²) in [7, 11) is -18.4. The third-order valence-electron chi connectivity index (χ3n) is 4.49. The molecule has 1 rings (SSSR count). The van der Waals surface area contributed by atoms with Gasteiger partial charge in [-0.1, -0.05) is 45.0 Å². The second kappa shape index (κ2) is 9.65. The molecule has 0 aliphatic heterocycles. The van der Waals surface area contributed by atoms with Crippen LogP contribution in [0.1, 0.15) is 37.1 Å². The number of hydrogen-bond acceptors (Lipinski definition) is 6. The number of alkyl halides is 6. The highest BCUT2D eigenvalue weighted by molar-refractivity contribution is 8.35. The summed E-state index contributed by atoms with van der Waals surface area (Å²) < 4.78 is 133. The summed E-state index contributed by atoms with van der Waals surface area (Å²) in [5.74, 6) is -0.521. The van der Waals surface area contributed by atoms with Crippen LogP contribution >= 0.6 is 20.6 Å². The molecular formula is C18H28F6O6S4. The van der Waals surface area contributed by atoms with Gasteiger partial charge in [-0.2, -0.15) is 43.2 Å². The van der Waals surface area contributed by atoms with Gasteiger partial charge in [-0.25, -0.2) is 7.26 Å². The molecule has 0 aliphatic carbocycles. The smallest absolute Gasteiger partial charge is 0.214 e. The van der Waals surface area contributed by atoms with E-state index in [2.05, 4.69) is 7.26 Å². The van der Waals surface area contributed by atoms with E-state index in [0.717, 1.165) is 30.6 Å². The SMILES string of the molecule is CC(C)(C)c1ccc(C(CS(C)(C)OS(=O)(=O)C(F)(F)F)S(C)(C)OS(=O)(=O)C(F)(F)F)cc1. The normalized spacial score (nSPS) is 16.9. The molecule has 0 radical (unpaired) electrons. The Bertz CT molecular complexity index is 1070. The second-order valence-electron chi connectivity index (χ2n) is 9.21. The Morgan fingerprint density at radius 2 is 1.12 bits per heavy atom. The highest BCUT2D eigenvalue weighted by Gasteiger charge is 2.52. The van der Waals surface area contributed by atoms with Crippen molar-refractivity contribution in [3.63, 3.8) is 0 Å². The molecule has 202 valence electrons. The van der Waals surface area contributed by atoms with Crippen molar-refractivity contribution in [2.45, 2.75) is 42.5 Å². The first-order valence-electron chi connectivity index (χ1n) is 9.30. The summed E-state index contributed by atoms with van der Waals surface area (Å²) in [6.07, 6.45) is 4.37. The molecule has 0 heterocycles. The number of rotatable bonds is 8. The van der Waals surface area contributed by atoms with Crippen LogP contribution in [0.25, 0.3) is 0 Å². The zero-order valence-electron chi connectivity index (χ0n) is 19.4. The predicted octanol–water partition coefficient (Wildman–Crippen LogP) is 5.72. The predicted molar refractivity (Wildman–Crippen MR) is 124 cm³/mol. The van der Waals surface area contributed by atoms with Crippen LogP contribution in [-0.4, -0.2) is 58.6 Å². The monoisotopic (exact) mass is 582 g/mol. The molecule has 0 aliphatic rings. The van der Waals surface area contributed by atoms with Crippen LogP contribution in [0.15, 0.2) is 24.3 Å². The lowest BCUT2D eigenvalue weighted by Gasteiger charge is -2.43. The van der Waals surface area contributed by atoms with Gasteiger partial charge in [-0.05, 0) is 41.6 Å². The van der Waals surface area contributed by atoms with E-state index in [9.17, 15) is 43.2 Å². The Morgan fingerprint density at radius 1 is 0.735 bits per heavy atom. The van der Waals surface area contributed by atoms with Gasteiger partial charge in [0.15, 0.2) is 0 Å². The molecule has 1 aromatic rings. The minimum Gasteiger partial charge on any atom is -0.214 e. The van der Waals surface area contributed by atoms with Crippen molar-refractivity contribution in [3.05, 3.63) is 35.4 Å². The molecule has 0 aromatic heterocycles. The fourth-order valence-corrected chi connectivity index (χ4v) is 11.8. The van der Waals surface area contributed by atoms with E-state index in [4.69, 9.17) is 0 Å². The van der Waals surface area contributed by atoms with Crippen molar-refractivity contribution < 1.29 is 50.4 Å². The molecule has 0 fully saturated rings. The van der Waals surface area contributed by atoms with Gasteiger partial charge in [0.05, 0.1) is 0 Å². The van der Waals surface area contributed by atoms with Crippen LogP contribution in [0, 0.1) is 0 Å². The Labute approximate surface area is 199 Å². The number of halogens is 6. The summed E-state index contributed by atoms with van der Waals surface area (Å²) >= 11 is 0. The number of benzene rings is 1. The summed E-state index contributed by atoms with van der Waals surface area (Å²) in [5, 5.41) is -1.22. The maximum atomic E-state index is 13.0. The van der Waals surface area contributed by atoms with E-state index < -0.39 is 62.9 Å². The molecular weight excluding hydrogens is 554 g/mol. The van der Waals surface area contributed by atoms with E-state index >= 15 is 0 Å². The molecule has 1 atom stereocenters. The Balaban J connectivity index is 3.55. The van der Waals surface area contributed by atoms with Crippen LogP contribution in [0.5, 0.6) is 0 Å². The largest absolute Gasteiger partial charge is 0.523 e. The fraction of sp³-hybridized carbons (Fsp3) is 0.667. The lowest BCUT2D eigenvalue weighted by Crippen LogP contribution is -2.31. The van der Waals surface area contributed by atoms with Gasteiger partial charge in [0.2, 0.25) is 0 Å². The van der Waals surface area contributed by atoms with E-state index in [1.54, 1.807) is 12.1 Å². The maximum Gasteiger partial charge on any atom is 0.523 e. The average Bonchev–Trinajstić information content (AvgIpc) is 2.55. The second-order valence-corrected chi connectivity index (χ2v) is 19.4. The Morgan fingerprint density at radius 3 is 1.47 bits per heavy atom. The quantitative estimate of drug-likeness (QED) is 0.288. The molecule has 1 aromatic carbocycles. The van der Waals surface area contributed by atoms with Crippen molar-refractivity contribution in [2.75, 3.05) is 30.8 Å². The molecule has 0 bridgehead atoms. The summed E-state index contributed by atoms with van der Waals surface area (Å²) in [4.78, 5) is 0. The van der Waals surface area contributed by atoms with Crippen molar-refractivity contribution in [1.29, 1.82) is 0 Å². The summed E-state index contributed by atoms with van der Waals surface area (Å²) in [5.41, 5.74) is -10.6. The van der Waals surface area contributed by atoms with Crippen molar-refractivity contribution in [3.8, 4) is 0 Å². The zero-order chi connectivity index (χ0) is 27.2. The molecule has 0 saturated heterocycles. The fourth-order valence-electron chi connectivity index (χ4n) is 2.78. The van der Waals surface area contributed by atoms with Gasteiger partial charge >= 0.3 is 31.3 Å². The maximum absolute atomic E-state index is 13.0. The van der Waals surface area contributed by atoms with Gasteiger partial charge in [-0.3, -0.25) is 0 Å². The van der Waals surface area contributed by atoms with Gasteiger partial charge in [0, 0.05) is 11.0 Å². The number of hydrogen-bond donors (Lipinski definition) is 0. The lowest BCUT2D eigenvalue weighted by molar-refractivity contribution is -0.0501. The lowest BCUT2D eigenvalue weighted by atomic mass is 9.86. The zero-order valence-corrected chi connectivity index (χ0v) is 22.7. The first-order chi connectivity index (χ1) is 14.7. The molecule has 1 unspecified atom stereocenters. The molecule has 0 spiro atoms. The van der Waals surface area contributed by atoms with Crippen molar-refractivity contribution >= 4 is 40.9 Å². The Kier molecular flexibility index (Phi) is 8.90. The summed E-state index contributed by atoms with van der Waals surface area (Å²) in [6.45, 7) is 5.70. The molecule has 6 nitrogen and oxygen atoms in total. The van der Waals surface area contributed by atoms with Gasteiger partial charge in [0.25, 0.3) is 0 Å². The molecule has 34 heavy (non-hydrogen) atoms. The van der Waals surface area contributed by atoms with Crippen LogP contribution in [0.4, 0.5) is 26.3 Å². The van der Waals surface area contributed by atoms with Crippen LogP contribution in [0.3, 0.4) is 0 Å². The highest BCUT2D eigenvalue weighted by atomic mass is 32.3. The van der Waals surface area contributed by atoms with Gasteiger partial charge in [-0.15, -0.1) is 20.6 Å². The van der Waals surface area contributed by atoms with Crippen molar-refractivity contribution in [1.82, 2.24) is 0 Å². The first-order valence-corrected chi connectivity index (χ1v) is 17.1. The topological polar surface area (TPSA) is 86.7 Å². The highest BCUT2D eigenvalue weighted by Crippen LogP contribution is 2.63. The standard InChI is InChI=1S/C18H28F6O6S4/c1-16(2,3)14-10-8-13(9-11-14)15(32(6,7)30-34(27,28)18(22,23)24)12-31(4,5)29-33(25,26)17(19,20)21/h8-11,15H,12H2,1-7H3. The van der Waals surface area contributed by atoms with Gasteiger partial charge < -0.3 is 0 Å². The van der Waals surface area contributed by atoms with E-state index in [1.807, 2.05) is 20.8 Å². The van der Waals surface area contributed by atoms with Crippen LogP contribution in [0.2, 0.25) is 0 Å². The van der Waals surface area contributed by atoms with E-state index in [0.29, 0.717) is 0 Å². The third-order valence-corrected chi connectivity index (χ3v) is 13.1. The molecule has 0 amide bonds. The minimum atomic E-state index is -6.05. The Hall–Kier alpha value is -0.680. The molecule has 0 saturated carbocycles. The van der Waals surface area contributed by atoms with Crippen molar-refractivity contribution in [2.24, 2.45) is 0 Å². The minimum absolute atomic E-state index is 0.263. The van der Waals surface area contributed by atoms with E-state index in [-0.39, 0.29) is 11.0 Å². The van der Waals surface area contributed by atoms with E-state index in [1.165, 1.54) is 12.1 Å². The summed E-state index contributed by atoms with van der Waals surface area (Å²) in [6, 6.07) is 6.28. The molecule has 16 heteroatoms. The molecule has 0 N–H and O–H groups in total. The third kappa shape index (κ3) is 7.91. The average molecular weight is 583 g/mol.